The van der Waals surface area contributed by atoms with Crippen LogP contribution in [-0.2, 0) is 9.59 Å². The Kier molecular flexibility index (Phi) is 4.09. The molecule has 0 spiro atoms. The van der Waals surface area contributed by atoms with Crippen molar-refractivity contribution < 1.29 is 19.1 Å². The van der Waals surface area contributed by atoms with Crippen molar-refractivity contribution in [2.24, 2.45) is 0 Å². The van der Waals surface area contributed by atoms with Crippen LogP contribution in [-0.4, -0.2) is 35.5 Å². The smallest absolute Gasteiger partial charge is 0.343 e. The molecule has 0 radical (unpaired) electrons. The Bertz CT molecular complexity index is 563. The summed E-state index contributed by atoms with van der Waals surface area (Å²) in [6.45, 7) is 1.31. The molecule has 0 bridgehead atoms. The Labute approximate surface area is 119 Å². The number of nitrogens with zero attached hydrogens (tertiary/aromatic N) is 1. The molecule has 1 aromatic rings. The van der Waals surface area contributed by atoms with E-state index in [0.717, 1.165) is 5.01 Å². The molecule has 1 aliphatic rings. The van der Waals surface area contributed by atoms with Crippen molar-refractivity contribution in [3.8, 4) is 5.75 Å². The van der Waals surface area contributed by atoms with Gasteiger partial charge in [0, 0.05) is 5.02 Å². The van der Waals surface area contributed by atoms with Crippen LogP contribution in [0.3, 0.4) is 0 Å². The fourth-order valence-corrected chi connectivity index (χ4v) is 1.73. The second kappa shape index (κ2) is 5.79. The number of carbonyl (C=O) groups is 3. The first-order valence-corrected chi connectivity index (χ1v) is 6.17. The average Bonchev–Trinajstić information content (AvgIpc) is 2.67. The van der Waals surface area contributed by atoms with Gasteiger partial charge in [-0.2, -0.15) is 0 Å². The van der Waals surface area contributed by atoms with Crippen molar-refractivity contribution in [2.45, 2.75) is 13.0 Å². The van der Waals surface area contributed by atoms with Crippen LogP contribution in [0.4, 0.5) is 4.79 Å². The molecule has 0 aliphatic carbocycles. The third-order valence-corrected chi connectivity index (χ3v) is 2.75. The van der Waals surface area contributed by atoms with Crippen molar-refractivity contribution >= 4 is 29.4 Å². The maximum Gasteiger partial charge on any atom is 0.343 e. The minimum Gasteiger partial charge on any atom is -0.481 e. The predicted octanol–water partition coefficient (Wildman–Crippen LogP) is 0.690. The number of carbonyl (C=O) groups excluding carboxylic acids is 3. The number of urea groups is 1. The molecule has 1 fully saturated rings. The molecule has 1 aliphatic heterocycles. The second-order valence-corrected chi connectivity index (χ2v) is 4.57. The van der Waals surface area contributed by atoms with Gasteiger partial charge in [0.1, 0.15) is 12.3 Å². The third kappa shape index (κ3) is 3.39. The summed E-state index contributed by atoms with van der Waals surface area (Å²) in [6, 6.07) is 5.92. The van der Waals surface area contributed by atoms with Crippen molar-refractivity contribution in [1.82, 2.24) is 15.8 Å². The molecule has 106 valence electrons. The highest BCUT2D eigenvalue weighted by Gasteiger charge is 2.29. The van der Waals surface area contributed by atoms with Crippen molar-refractivity contribution in [2.75, 3.05) is 6.54 Å². The Morgan fingerprint density at radius 2 is 2.25 bits per heavy atom. The van der Waals surface area contributed by atoms with Gasteiger partial charge in [-0.05, 0) is 25.1 Å². The van der Waals surface area contributed by atoms with E-state index in [-0.39, 0.29) is 6.54 Å². The quantitative estimate of drug-likeness (QED) is 0.801. The number of benzene rings is 1. The van der Waals surface area contributed by atoms with Crippen LogP contribution in [0.2, 0.25) is 5.02 Å². The summed E-state index contributed by atoms with van der Waals surface area (Å²) in [5.74, 6) is -0.587. The van der Waals surface area contributed by atoms with Gasteiger partial charge in [0.05, 0.1) is 0 Å². The maximum absolute atomic E-state index is 11.8. The molecular weight excluding hydrogens is 286 g/mol. The van der Waals surface area contributed by atoms with E-state index in [4.69, 9.17) is 16.3 Å². The minimum absolute atomic E-state index is 0.214. The van der Waals surface area contributed by atoms with Crippen LogP contribution in [0, 0.1) is 0 Å². The summed E-state index contributed by atoms with van der Waals surface area (Å²) < 4.78 is 5.39. The molecule has 0 aromatic heterocycles. The third-order valence-electron chi connectivity index (χ3n) is 2.52. The Hall–Kier alpha value is -2.28. The lowest BCUT2D eigenvalue weighted by Crippen LogP contribution is -2.48. The number of nitrogens with one attached hydrogen (secondary N) is 2. The molecule has 8 heteroatoms. The molecule has 1 heterocycles. The van der Waals surface area contributed by atoms with Gasteiger partial charge < -0.3 is 4.74 Å². The largest absolute Gasteiger partial charge is 0.481 e. The molecule has 2 N–H and O–H groups in total. The van der Waals surface area contributed by atoms with E-state index in [2.05, 4.69) is 5.43 Å². The Morgan fingerprint density at radius 3 is 2.85 bits per heavy atom. The fraction of sp³-hybridized carbons (Fsp3) is 0.250. The lowest BCUT2D eigenvalue weighted by atomic mass is 10.3. The molecule has 0 saturated carbocycles. The number of ether oxygens (including phenoxy) is 1. The van der Waals surface area contributed by atoms with Gasteiger partial charge in [0.15, 0.2) is 6.10 Å². The monoisotopic (exact) mass is 297 g/mol. The maximum atomic E-state index is 11.8. The zero-order valence-corrected chi connectivity index (χ0v) is 11.3. The topological polar surface area (TPSA) is 87.7 Å². The number of hydrogen-bond acceptors (Lipinski definition) is 4. The number of amides is 4. The molecular formula is C12H12ClN3O4. The Morgan fingerprint density at radius 1 is 1.50 bits per heavy atom. The van der Waals surface area contributed by atoms with Crippen LogP contribution in [0.5, 0.6) is 5.75 Å². The highest BCUT2D eigenvalue weighted by Crippen LogP contribution is 2.18. The summed E-state index contributed by atoms with van der Waals surface area (Å²) in [4.78, 5) is 34.1. The van der Waals surface area contributed by atoms with E-state index in [1.807, 2.05) is 5.32 Å². The van der Waals surface area contributed by atoms with E-state index in [1.165, 1.54) is 6.92 Å². The first-order valence-electron chi connectivity index (χ1n) is 5.80. The van der Waals surface area contributed by atoms with E-state index >= 15 is 0 Å². The van der Waals surface area contributed by atoms with E-state index in [1.54, 1.807) is 24.3 Å². The second-order valence-electron chi connectivity index (χ2n) is 4.13. The average molecular weight is 298 g/mol. The van der Waals surface area contributed by atoms with Crippen LogP contribution in [0.25, 0.3) is 0 Å². The van der Waals surface area contributed by atoms with E-state index in [0.29, 0.717) is 10.8 Å². The lowest BCUT2D eigenvalue weighted by molar-refractivity contribution is -0.131. The van der Waals surface area contributed by atoms with Gasteiger partial charge in [-0.25, -0.2) is 9.80 Å². The minimum atomic E-state index is -0.850. The van der Waals surface area contributed by atoms with Gasteiger partial charge in [0.25, 0.3) is 5.91 Å². The normalized spacial score (nSPS) is 15.8. The van der Waals surface area contributed by atoms with E-state index < -0.39 is 23.9 Å². The zero-order valence-electron chi connectivity index (χ0n) is 10.6. The Balaban J connectivity index is 1.92. The van der Waals surface area contributed by atoms with Gasteiger partial charge >= 0.3 is 6.03 Å². The number of hydrazine groups is 1. The van der Waals surface area contributed by atoms with Crippen LogP contribution < -0.4 is 15.5 Å². The fourth-order valence-electron chi connectivity index (χ4n) is 1.55. The molecule has 1 aromatic carbocycles. The highest BCUT2D eigenvalue weighted by atomic mass is 35.5. The molecule has 7 nitrogen and oxygen atoms in total. The summed E-state index contributed by atoms with van der Waals surface area (Å²) in [6.07, 6.45) is -0.850. The molecule has 2 rings (SSSR count). The molecule has 1 saturated heterocycles. The standard InChI is InChI=1S/C12H12ClN3O4/c1-7(20-9-4-2-3-8(13)5-9)11(18)15-16-6-10(17)14-12(16)19/h2-5,7H,6H2,1H3,(H,15,18)(H,14,17,19). The zero-order chi connectivity index (χ0) is 14.7. The number of hydrogen-bond donors (Lipinski definition) is 2. The number of halogens is 1. The summed E-state index contributed by atoms with van der Waals surface area (Å²) >= 11 is 5.80. The van der Waals surface area contributed by atoms with Crippen molar-refractivity contribution in [3.63, 3.8) is 0 Å². The highest BCUT2D eigenvalue weighted by molar-refractivity contribution is 6.30. The summed E-state index contributed by atoms with van der Waals surface area (Å²) in [5, 5.41) is 3.42. The summed E-state index contributed by atoms with van der Waals surface area (Å²) in [7, 11) is 0. The number of rotatable bonds is 4. The first-order chi connectivity index (χ1) is 9.45. The van der Waals surface area contributed by atoms with Gasteiger partial charge in [0.2, 0.25) is 5.91 Å². The lowest BCUT2D eigenvalue weighted by Gasteiger charge is -2.19. The van der Waals surface area contributed by atoms with Gasteiger partial charge in [-0.15, -0.1) is 0 Å². The SMILES string of the molecule is CC(Oc1cccc(Cl)c1)C(=O)NN1CC(=O)NC1=O. The van der Waals surface area contributed by atoms with Crippen molar-refractivity contribution in [3.05, 3.63) is 29.3 Å². The van der Waals surface area contributed by atoms with Crippen LogP contribution in [0.15, 0.2) is 24.3 Å². The molecule has 1 atom stereocenters. The van der Waals surface area contributed by atoms with Gasteiger partial charge in [-0.3, -0.25) is 20.3 Å². The van der Waals surface area contributed by atoms with Gasteiger partial charge in [-0.1, -0.05) is 17.7 Å². The van der Waals surface area contributed by atoms with Crippen molar-refractivity contribution in [1.29, 1.82) is 0 Å². The van der Waals surface area contributed by atoms with Crippen LogP contribution in [0.1, 0.15) is 6.92 Å². The summed E-state index contributed by atoms with van der Waals surface area (Å²) in [5.41, 5.74) is 2.30. The first kappa shape index (κ1) is 14.1. The molecule has 20 heavy (non-hydrogen) atoms. The van der Waals surface area contributed by atoms with Crippen LogP contribution >= 0.6 is 11.6 Å². The molecule has 1 unspecified atom stereocenters. The number of imide groups is 1. The predicted molar refractivity (Wildman–Crippen MR) is 69.9 cm³/mol. The van der Waals surface area contributed by atoms with E-state index in [9.17, 15) is 14.4 Å². The molecule has 4 amide bonds.